The number of ether oxygens (including phenoxy) is 2. The lowest BCUT2D eigenvalue weighted by atomic mass is 10.1. The Morgan fingerprint density at radius 1 is 0.537 bits per heavy atom. The van der Waals surface area contributed by atoms with E-state index < -0.39 is 24.3 Å². The first kappa shape index (κ1) is 29.4. The van der Waals surface area contributed by atoms with Gasteiger partial charge >= 0.3 is 19.9 Å². The lowest BCUT2D eigenvalue weighted by Gasteiger charge is -2.21. The van der Waals surface area contributed by atoms with Crippen molar-refractivity contribution in [1.29, 1.82) is 0 Å². The van der Waals surface area contributed by atoms with Crippen molar-refractivity contribution in [2.75, 3.05) is 13.2 Å². The summed E-state index contributed by atoms with van der Waals surface area (Å²) < 4.78 is 22.3. The molecule has 2 amide bonds. The Morgan fingerprint density at radius 3 is 1.24 bits per heavy atom. The number of hydrogen-bond acceptors (Lipinski definition) is 6. The van der Waals surface area contributed by atoms with Gasteiger partial charge in [-0.3, -0.25) is 0 Å². The first-order valence-corrected chi connectivity index (χ1v) is 13.4. The SMILES string of the molecule is O=C(N[C@H](COBOC[C@@H](NC(=O)OCc1ccccc1)c1ccccc1)c1ccccc1)OCc1ccccc1. The van der Waals surface area contributed by atoms with Crippen molar-refractivity contribution >= 4 is 19.9 Å². The number of benzene rings is 4. The van der Waals surface area contributed by atoms with Crippen LogP contribution >= 0.6 is 0 Å². The molecule has 0 radical (unpaired) electrons. The van der Waals surface area contributed by atoms with Crippen molar-refractivity contribution in [2.45, 2.75) is 25.3 Å². The van der Waals surface area contributed by atoms with E-state index >= 15 is 0 Å². The summed E-state index contributed by atoms with van der Waals surface area (Å²) in [7, 11) is -0.0475. The van der Waals surface area contributed by atoms with Crippen LogP contribution in [0.1, 0.15) is 34.3 Å². The minimum atomic E-state index is -0.547. The number of amides is 2. The molecular formula is C32H33BN2O6. The summed E-state index contributed by atoms with van der Waals surface area (Å²) in [5, 5.41) is 5.73. The molecule has 0 saturated carbocycles. The van der Waals surface area contributed by atoms with Gasteiger partial charge in [-0.1, -0.05) is 121 Å². The molecule has 210 valence electrons. The Labute approximate surface area is 240 Å². The van der Waals surface area contributed by atoms with Gasteiger partial charge in [-0.2, -0.15) is 0 Å². The highest BCUT2D eigenvalue weighted by Crippen LogP contribution is 2.16. The van der Waals surface area contributed by atoms with Crippen LogP contribution in [0.3, 0.4) is 0 Å². The summed E-state index contributed by atoms with van der Waals surface area (Å²) in [6.45, 7) is 0.652. The maximum atomic E-state index is 12.5. The van der Waals surface area contributed by atoms with Crippen LogP contribution in [-0.4, -0.2) is 33.1 Å². The number of rotatable bonds is 14. The van der Waals surface area contributed by atoms with E-state index in [1.165, 1.54) is 0 Å². The largest absolute Gasteiger partial charge is 0.445 e. The van der Waals surface area contributed by atoms with Gasteiger partial charge in [0.25, 0.3) is 0 Å². The molecule has 0 saturated heterocycles. The monoisotopic (exact) mass is 552 g/mol. The van der Waals surface area contributed by atoms with E-state index in [2.05, 4.69) is 10.6 Å². The molecule has 4 aromatic rings. The molecule has 0 fully saturated rings. The van der Waals surface area contributed by atoms with Gasteiger partial charge < -0.3 is 29.4 Å². The Kier molecular flexibility index (Phi) is 11.8. The molecule has 0 aliphatic carbocycles. The highest BCUT2D eigenvalue weighted by molar-refractivity contribution is 6.17. The average Bonchev–Trinajstić information content (AvgIpc) is 3.03. The molecule has 0 spiro atoms. The molecule has 0 heterocycles. The molecule has 0 unspecified atom stereocenters. The van der Waals surface area contributed by atoms with E-state index in [0.29, 0.717) is 0 Å². The molecule has 0 bridgehead atoms. The Hall–Kier alpha value is -4.60. The molecule has 0 aromatic heterocycles. The standard InChI is InChI=1S/C32H33BN2O6/c36-31(38-21-25-13-5-1-6-14-25)34-29(27-17-9-3-10-18-27)23-40-33-41-24-30(28-19-11-4-12-20-28)35-32(37)39-22-26-15-7-2-8-16-26/h1-20,29-30,33H,21-24H2,(H,34,36)(H,35,37)/t29-,30-/m1/s1. The summed E-state index contributed by atoms with van der Waals surface area (Å²) >= 11 is 0. The van der Waals surface area contributed by atoms with E-state index in [9.17, 15) is 9.59 Å². The van der Waals surface area contributed by atoms with Crippen LogP contribution in [0.4, 0.5) is 9.59 Å². The summed E-state index contributed by atoms with van der Waals surface area (Å²) in [4.78, 5) is 25.0. The van der Waals surface area contributed by atoms with Crippen LogP contribution in [0.5, 0.6) is 0 Å². The highest BCUT2D eigenvalue weighted by Gasteiger charge is 2.18. The Balaban J connectivity index is 1.26. The van der Waals surface area contributed by atoms with Crippen LogP contribution in [0.15, 0.2) is 121 Å². The van der Waals surface area contributed by atoms with E-state index in [1.807, 2.05) is 121 Å². The molecular weight excluding hydrogens is 519 g/mol. The van der Waals surface area contributed by atoms with E-state index in [0.717, 1.165) is 22.3 Å². The van der Waals surface area contributed by atoms with E-state index in [4.69, 9.17) is 18.8 Å². The second-order valence-corrected chi connectivity index (χ2v) is 9.20. The average molecular weight is 552 g/mol. The van der Waals surface area contributed by atoms with Crippen molar-refractivity contribution in [1.82, 2.24) is 10.6 Å². The van der Waals surface area contributed by atoms with Crippen molar-refractivity contribution < 1.29 is 28.4 Å². The highest BCUT2D eigenvalue weighted by atomic mass is 16.6. The zero-order valence-electron chi connectivity index (χ0n) is 22.7. The predicted molar refractivity (Wildman–Crippen MR) is 157 cm³/mol. The first-order chi connectivity index (χ1) is 20.2. The smallest absolute Gasteiger partial charge is 0.438 e. The van der Waals surface area contributed by atoms with Gasteiger partial charge in [0, 0.05) is 0 Å². The Bertz CT molecular complexity index is 1210. The van der Waals surface area contributed by atoms with Gasteiger partial charge in [-0.25, -0.2) is 9.59 Å². The van der Waals surface area contributed by atoms with E-state index in [-0.39, 0.29) is 34.1 Å². The zero-order valence-corrected chi connectivity index (χ0v) is 22.7. The quantitative estimate of drug-likeness (QED) is 0.156. The van der Waals surface area contributed by atoms with E-state index in [1.54, 1.807) is 0 Å². The summed E-state index contributed by atoms with van der Waals surface area (Å²) in [5.41, 5.74) is 3.53. The summed E-state index contributed by atoms with van der Waals surface area (Å²) in [6.07, 6.45) is -1.09. The number of carbonyl (C=O) groups is 2. The summed E-state index contributed by atoms with van der Waals surface area (Å²) in [6, 6.07) is 37.1. The zero-order chi connectivity index (χ0) is 28.5. The van der Waals surface area contributed by atoms with Crippen molar-refractivity contribution in [3.63, 3.8) is 0 Å². The predicted octanol–water partition coefficient (Wildman–Crippen LogP) is 5.62. The molecule has 41 heavy (non-hydrogen) atoms. The van der Waals surface area contributed by atoms with Gasteiger partial charge in [0.1, 0.15) is 13.2 Å². The van der Waals surface area contributed by atoms with Crippen molar-refractivity contribution in [3.8, 4) is 0 Å². The second kappa shape index (κ2) is 16.5. The number of alkyl carbamates (subject to hydrolysis) is 2. The molecule has 2 N–H and O–H groups in total. The molecule has 0 aliphatic rings. The Morgan fingerprint density at radius 2 is 0.878 bits per heavy atom. The number of nitrogens with one attached hydrogen (secondary N) is 2. The van der Waals surface area contributed by atoms with Crippen LogP contribution in [-0.2, 0) is 32.0 Å². The van der Waals surface area contributed by atoms with Gasteiger partial charge in [-0.05, 0) is 22.3 Å². The van der Waals surface area contributed by atoms with Crippen LogP contribution < -0.4 is 10.6 Å². The first-order valence-electron chi connectivity index (χ1n) is 13.4. The lowest BCUT2D eigenvalue weighted by Crippen LogP contribution is -2.34. The maximum absolute atomic E-state index is 12.5. The van der Waals surface area contributed by atoms with Crippen LogP contribution in [0.25, 0.3) is 0 Å². The molecule has 9 heteroatoms. The van der Waals surface area contributed by atoms with Crippen molar-refractivity contribution in [3.05, 3.63) is 144 Å². The minimum absolute atomic E-state index is 0.0475. The third-order valence-electron chi connectivity index (χ3n) is 6.15. The topological polar surface area (TPSA) is 95.1 Å². The van der Waals surface area contributed by atoms with Gasteiger partial charge in [0.2, 0.25) is 0 Å². The van der Waals surface area contributed by atoms with Gasteiger partial charge in [-0.15, -0.1) is 0 Å². The molecule has 8 nitrogen and oxygen atoms in total. The van der Waals surface area contributed by atoms with Crippen LogP contribution in [0.2, 0.25) is 0 Å². The van der Waals surface area contributed by atoms with Gasteiger partial charge in [0.05, 0.1) is 25.3 Å². The lowest BCUT2D eigenvalue weighted by molar-refractivity contribution is 0.124. The fraction of sp³-hybridized carbons (Fsp3) is 0.188. The normalized spacial score (nSPS) is 12.0. The number of hydrogen-bond donors (Lipinski definition) is 2. The minimum Gasteiger partial charge on any atom is -0.445 e. The molecule has 2 atom stereocenters. The fourth-order valence-electron chi connectivity index (χ4n) is 4.02. The number of carbonyl (C=O) groups excluding carboxylic acids is 2. The fourth-order valence-corrected chi connectivity index (χ4v) is 4.02. The third kappa shape index (κ3) is 10.5. The summed E-state index contributed by atoms with van der Waals surface area (Å²) in [5.74, 6) is 0. The maximum Gasteiger partial charge on any atom is 0.438 e. The van der Waals surface area contributed by atoms with Gasteiger partial charge in [0.15, 0.2) is 0 Å². The molecule has 4 aromatic carbocycles. The molecule has 4 rings (SSSR count). The second-order valence-electron chi connectivity index (χ2n) is 9.20. The third-order valence-corrected chi connectivity index (χ3v) is 6.15. The molecule has 0 aliphatic heterocycles. The van der Waals surface area contributed by atoms with Crippen LogP contribution in [0, 0.1) is 0 Å². The van der Waals surface area contributed by atoms with Crippen molar-refractivity contribution in [2.24, 2.45) is 0 Å².